The number of carbonyl (C=O) groups is 2. The van der Waals surface area contributed by atoms with Crippen molar-refractivity contribution >= 4 is 12.3 Å². The van der Waals surface area contributed by atoms with Crippen LogP contribution in [0.15, 0.2) is 0 Å². The van der Waals surface area contributed by atoms with Crippen LogP contribution in [0.1, 0.15) is 6.92 Å². The van der Waals surface area contributed by atoms with E-state index < -0.39 is 5.97 Å². The molecule has 0 unspecified atom stereocenters. The van der Waals surface area contributed by atoms with E-state index in [1.807, 2.05) is 0 Å². The molecular formula is C6H6O3. The maximum absolute atomic E-state index is 10.0. The molecule has 0 spiro atoms. The minimum absolute atomic E-state index is 0.00588. The molecule has 0 saturated carbocycles. The van der Waals surface area contributed by atoms with Crippen molar-refractivity contribution in [3.8, 4) is 11.8 Å². The molecule has 0 aliphatic rings. The summed E-state index contributed by atoms with van der Waals surface area (Å²) in [6.07, 6.45) is 0.448. The van der Waals surface area contributed by atoms with Crippen LogP contribution in [-0.2, 0) is 14.3 Å². The van der Waals surface area contributed by atoms with Gasteiger partial charge in [-0.1, -0.05) is 5.92 Å². The van der Waals surface area contributed by atoms with E-state index >= 15 is 0 Å². The Hall–Kier alpha value is -1.30. The van der Waals surface area contributed by atoms with E-state index in [1.54, 1.807) is 0 Å². The zero-order chi connectivity index (χ0) is 7.11. The van der Waals surface area contributed by atoms with Crippen molar-refractivity contribution in [2.24, 2.45) is 0 Å². The van der Waals surface area contributed by atoms with Crippen molar-refractivity contribution in [1.29, 1.82) is 0 Å². The molecule has 0 bridgehead atoms. The van der Waals surface area contributed by atoms with E-state index in [-0.39, 0.29) is 6.61 Å². The molecule has 0 aromatic heterocycles. The molecule has 3 heteroatoms. The van der Waals surface area contributed by atoms with Gasteiger partial charge >= 0.3 is 5.97 Å². The van der Waals surface area contributed by atoms with Crippen LogP contribution in [0, 0.1) is 11.8 Å². The van der Waals surface area contributed by atoms with Gasteiger partial charge in [-0.25, -0.2) is 0 Å². The van der Waals surface area contributed by atoms with Crippen LogP contribution >= 0.6 is 0 Å². The second kappa shape index (κ2) is 4.85. The number of hydrogen-bond acceptors (Lipinski definition) is 3. The summed E-state index contributed by atoms with van der Waals surface area (Å²) in [5.74, 6) is 4.01. The van der Waals surface area contributed by atoms with E-state index in [1.165, 1.54) is 6.92 Å². The van der Waals surface area contributed by atoms with Gasteiger partial charge in [-0.3, -0.25) is 9.59 Å². The highest BCUT2D eigenvalue weighted by Crippen LogP contribution is 1.71. The average Bonchev–Trinajstić information content (AvgIpc) is 1.80. The summed E-state index contributed by atoms with van der Waals surface area (Å²) in [4.78, 5) is 19.6. The highest BCUT2D eigenvalue weighted by atomic mass is 16.5. The smallest absolute Gasteiger partial charge is 0.303 e. The van der Waals surface area contributed by atoms with Gasteiger partial charge in [0.15, 0.2) is 12.9 Å². The Morgan fingerprint density at radius 2 is 2.44 bits per heavy atom. The lowest BCUT2D eigenvalue weighted by Crippen LogP contribution is -1.97. The first-order valence-corrected chi connectivity index (χ1v) is 2.32. The van der Waals surface area contributed by atoms with Gasteiger partial charge in [0.2, 0.25) is 0 Å². The Morgan fingerprint density at radius 1 is 1.78 bits per heavy atom. The van der Waals surface area contributed by atoms with Gasteiger partial charge in [0.05, 0.1) is 0 Å². The van der Waals surface area contributed by atoms with Crippen molar-refractivity contribution in [3.05, 3.63) is 0 Å². The number of ether oxygens (including phenoxy) is 1. The molecule has 9 heavy (non-hydrogen) atoms. The van der Waals surface area contributed by atoms with Crippen molar-refractivity contribution in [2.75, 3.05) is 6.61 Å². The van der Waals surface area contributed by atoms with Crippen LogP contribution in [0.2, 0.25) is 0 Å². The average molecular weight is 126 g/mol. The topological polar surface area (TPSA) is 43.4 Å². The zero-order valence-electron chi connectivity index (χ0n) is 5.01. The highest BCUT2D eigenvalue weighted by molar-refractivity contribution is 5.72. The molecule has 0 saturated heterocycles. The van der Waals surface area contributed by atoms with Crippen LogP contribution < -0.4 is 0 Å². The lowest BCUT2D eigenvalue weighted by molar-refractivity contribution is -0.139. The summed E-state index contributed by atoms with van der Waals surface area (Å²) in [5.41, 5.74) is 0. The van der Waals surface area contributed by atoms with E-state index in [0.717, 1.165) is 0 Å². The second-order valence-electron chi connectivity index (χ2n) is 1.22. The first kappa shape index (κ1) is 7.70. The SMILES string of the molecule is CC(=O)OCC#CC=O. The maximum Gasteiger partial charge on any atom is 0.303 e. The molecule has 0 aliphatic heterocycles. The van der Waals surface area contributed by atoms with Gasteiger partial charge < -0.3 is 4.74 Å². The Kier molecular flexibility index (Phi) is 4.15. The van der Waals surface area contributed by atoms with Gasteiger partial charge in [0, 0.05) is 6.92 Å². The molecule has 3 nitrogen and oxygen atoms in total. The monoisotopic (exact) mass is 126 g/mol. The van der Waals surface area contributed by atoms with Gasteiger partial charge in [-0.15, -0.1) is 0 Å². The van der Waals surface area contributed by atoms with Crippen LogP contribution in [0.25, 0.3) is 0 Å². The fourth-order valence-corrected chi connectivity index (χ4v) is 0.221. The summed E-state index contributed by atoms with van der Waals surface area (Å²) in [5, 5.41) is 0. The number of hydrogen-bond donors (Lipinski definition) is 0. The van der Waals surface area contributed by atoms with Crippen LogP contribution in [0.5, 0.6) is 0 Å². The van der Waals surface area contributed by atoms with Gasteiger partial charge in [-0.05, 0) is 5.92 Å². The summed E-state index contributed by atoms with van der Waals surface area (Å²) in [7, 11) is 0. The molecular weight excluding hydrogens is 120 g/mol. The Labute approximate surface area is 53.0 Å². The van der Waals surface area contributed by atoms with Crippen LogP contribution in [-0.4, -0.2) is 18.9 Å². The standard InChI is InChI=1S/C6H6O3/c1-6(8)9-5-3-2-4-7/h4H,5H2,1H3. The second-order valence-corrected chi connectivity index (χ2v) is 1.22. The largest absolute Gasteiger partial charge is 0.453 e. The molecule has 0 N–H and O–H groups in total. The first-order valence-electron chi connectivity index (χ1n) is 2.32. The van der Waals surface area contributed by atoms with E-state index in [2.05, 4.69) is 16.6 Å². The molecule has 0 atom stereocenters. The first-order chi connectivity index (χ1) is 4.27. The summed E-state index contributed by atoms with van der Waals surface area (Å²) in [6, 6.07) is 0. The summed E-state index contributed by atoms with van der Waals surface area (Å²) < 4.78 is 4.37. The maximum atomic E-state index is 10.0. The normalized spacial score (nSPS) is 6.78. The highest BCUT2D eigenvalue weighted by Gasteiger charge is 1.84. The lowest BCUT2D eigenvalue weighted by Gasteiger charge is -1.89. The van der Waals surface area contributed by atoms with E-state index in [9.17, 15) is 9.59 Å². The number of esters is 1. The minimum Gasteiger partial charge on any atom is -0.453 e. The molecule has 0 radical (unpaired) electrons. The summed E-state index contributed by atoms with van der Waals surface area (Å²) in [6.45, 7) is 1.27. The van der Waals surface area contributed by atoms with Crippen LogP contribution in [0.3, 0.4) is 0 Å². The quantitative estimate of drug-likeness (QED) is 0.276. The number of carbonyl (C=O) groups excluding carboxylic acids is 2. The predicted octanol–water partition coefficient (Wildman–Crippen LogP) is -0.248. The molecule has 0 heterocycles. The molecule has 48 valence electrons. The van der Waals surface area contributed by atoms with E-state index in [0.29, 0.717) is 6.29 Å². The predicted molar refractivity (Wildman–Crippen MR) is 30.5 cm³/mol. The Bertz CT molecular complexity index is 161. The minimum atomic E-state index is -0.393. The zero-order valence-corrected chi connectivity index (χ0v) is 5.01. The molecule has 0 fully saturated rings. The molecule has 0 rings (SSSR count). The van der Waals surface area contributed by atoms with Crippen molar-refractivity contribution in [1.82, 2.24) is 0 Å². The van der Waals surface area contributed by atoms with E-state index in [4.69, 9.17) is 0 Å². The van der Waals surface area contributed by atoms with Crippen molar-refractivity contribution in [2.45, 2.75) is 6.92 Å². The lowest BCUT2D eigenvalue weighted by atomic mass is 10.6. The fraction of sp³-hybridized carbons (Fsp3) is 0.333. The Balaban J connectivity index is 3.29. The third-order valence-electron chi connectivity index (χ3n) is 0.509. The third-order valence-corrected chi connectivity index (χ3v) is 0.509. The molecule has 0 aromatic rings. The van der Waals surface area contributed by atoms with Crippen molar-refractivity contribution in [3.63, 3.8) is 0 Å². The number of aldehydes is 1. The summed E-state index contributed by atoms with van der Waals surface area (Å²) >= 11 is 0. The van der Waals surface area contributed by atoms with Crippen LogP contribution in [0.4, 0.5) is 0 Å². The molecule has 0 aliphatic carbocycles. The van der Waals surface area contributed by atoms with Gasteiger partial charge in [0.25, 0.3) is 0 Å². The van der Waals surface area contributed by atoms with Gasteiger partial charge in [-0.2, -0.15) is 0 Å². The molecule has 0 aromatic carbocycles. The van der Waals surface area contributed by atoms with Gasteiger partial charge in [0.1, 0.15) is 0 Å². The fourth-order valence-electron chi connectivity index (χ4n) is 0.221. The number of rotatable bonds is 1. The molecule has 0 amide bonds. The third kappa shape index (κ3) is 6.70. The van der Waals surface area contributed by atoms with Crippen molar-refractivity contribution < 1.29 is 14.3 Å². The Morgan fingerprint density at radius 3 is 2.89 bits per heavy atom.